The van der Waals surface area contributed by atoms with Gasteiger partial charge in [0.05, 0.1) is 4.92 Å². The molecule has 7 heteroatoms. The number of nitrogens with one attached hydrogen (secondary N) is 2. The molecule has 7 nitrogen and oxygen atoms in total. The first-order valence-corrected chi connectivity index (χ1v) is 6.65. The summed E-state index contributed by atoms with van der Waals surface area (Å²) in [4.78, 5) is 33.7. The number of rotatable bonds is 4. The normalized spacial score (nSPS) is 11.7. The maximum absolute atomic E-state index is 11.9. The fourth-order valence-electron chi connectivity index (χ4n) is 1.50. The molecule has 1 aromatic carbocycles. The number of nitro groups is 1. The molecule has 2 N–H and O–H groups in total. The first-order chi connectivity index (χ1) is 10.1. The van der Waals surface area contributed by atoms with Crippen molar-refractivity contribution in [3.8, 4) is 0 Å². The highest BCUT2D eigenvalue weighted by molar-refractivity contribution is 5.97. The molecule has 0 atom stereocenters. The van der Waals surface area contributed by atoms with Gasteiger partial charge in [-0.2, -0.15) is 0 Å². The first-order valence-electron chi connectivity index (χ1n) is 6.65. The molecule has 0 radical (unpaired) electrons. The summed E-state index contributed by atoms with van der Waals surface area (Å²) in [6.07, 6.45) is 1.31. The molecule has 2 amide bonds. The van der Waals surface area contributed by atoms with Crippen LogP contribution in [0.4, 0.5) is 5.69 Å². The predicted molar refractivity (Wildman–Crippen MR) is 82.2 cm³/mol. The minimum atomic E-state index is -0.539. The van der Waals surface area contributed by atoms with Gasteiger partial charge in [-0.25, -0.2) is 0 Å². The summed E-state index contributed by atoms with van der Waals surface area (Å²) in [5.41, 5.74) is 0.165. The molecular weight excluding hydrogens is 286 g/mol. The van der Waals surface area contributed by atoms with Gasteiger partial charge >= 0.3 is 0 Å². The summed E-state index contributed by atoms with van der Waals surface area (Å²) in [6, 6.07) is 5.20. The Bertz CT molecular complexity index is 613. The van der Waals surface area contributed by atoms with E-state index in [1.165, 1.54) is 30.5 Å². The number of amides is 2. The summed E-state index contributed by atoms with van der Waals surface area (Å²) >= 11 is 0. The third kappa shape index (κ3) is 5.35. The lowest BCUT2D eigenvalue weighted by molar-refractivity contribution is -0.384. The van der Waals surface area contributed by atoms with Gasteiger partial charge in [0.1, 0.15) is 0 Å². The molecular formula is C15H19N3O4. The molecule has 0 aliphatic carbocycles. The zero-order valence-electron chi connectivity index (χ0n) is 13.0. The van der Waals surface area contributed by atoms with Crippen molar-refractivity contribution < 1.29 is 14.5 Å². The maximum atomic E-state index is 11.9. The van der Waals surface area contributed by atoms with Crippen LogP contribution in [0.2, 0.25) is 0 Å². The van der Waals surface area contributed by atoms with Gasteiger partial charge in [-0.05, 0) is 39.8 Å². The summed E-state index contributed by atoms with van der Waals surface area (Å²) in [6.45, 7) is 7.14. The number of non-ortho nitro benzene ring substituents is 1. The molecule has 0 aliphatic rings. The Balaban J connectivity index is 2.70. The van der Waals surface area contributed by atoms with Crippen molar-refractivity contribution in [1.29, 1.82) is 0 Å². The molecule has 0 unspecified atom stereocenters. The van der Waals surface area contributed by atoms with Crippen LogP contribution in [0.15, 0.2) is 36.0 Å². The second kappa shape index (κ2) is 6.84. The highest BCUT2D eigenvalue weighted by Gasteiger charge is 2.15. The van der Waals surface area contributed by atoms with Crippen molar-refractivity contribution in [2.75, 3.05) is 0 Å². The van der Waals surface area contributed by atoms with Gasteiger partial charge in [0.25, 0.3) is 11.6 Å². The monoisotopic (exact) mass is 305 g/mol. The molecule has 1 rings (SSSR count). The largest absolute Gasteiger partial charge is 0.348 e. The average Bonchev–Trinajstić information content (AvgIpc) is 2.42. The summed E-state index contributed by atoms with van der Waals surface area (Å²) < 4.78 is 0. The molecule has 1 aromatic rings. The van der Waals surface area contributed by atoms with Gasteiger partial charge < -0.3 is 10.6 Å². The Kier molecular flexibility index (Phi) is 5.39. The Hall–Kier alpha value is -2.70. The van der Waals surface area contributed by atoms with Crippen molar-refractivity contribution in [3.05, 3.63) is 51.7 Å². The fourth-order valence-corrected chi connectivity index (χ4v) is 1.50. The lowest BCUT2D eigenvalue weighted by Crippen LogP contribution is -2.41. The van der Waals surface area contributed by atoms with Crippen LogP contribution >= 0.6 is 0 Å². The molecule has 0 spiro atoms. The lowest BCUT2D eigenvalue weighted by atomic mass is 10.1. The summed E-state index contributed by atoms with van der Waals surface area (Å²) in [5.74, 6) is -0.727. The van der Waals surface area contributed by atoms with Crippen LogP contribution in [0.5, 0.6) is 0 Å². The third-order valence-electron chi connectivity index (χ3n) is 2.61. The van der Waals surface area contributed by atoms with E-state index in [0.717, 1.165) is 0 Å². The van der Waals surface area contributed by atoms with Gasteiger partial charge in [-0.3, -0.25) is 19.7 Å². The molecule has 0 fully saturated rings. The molecule has 22 heavy (non-hydrogen) atoms. The Morgan fingerprint density at radius 2 is 1.73 bits per heavy atom. The molecule has 118 valence electrons. The predicted octanol–water partition coefficient (Wildman–Crippen LogP) is 2.14. The topological polar surface area (TPSA) is 101 Å². The minimum Gasteiger partial charge on any atom is -0.348 e. The minimum absolute atomic E-state index is 0.0900. The lowest BCUT2D eigenvalue weighted by Gasteiger charge is -2.20. The second-order valence-electron chi connectivity index (χ2n) is 5.81. The second-order valence-corrected chi connectivity index (χ2v) is 5.81. The number of carbonyl (C=O) groups excluding carboxylic acids is 2. The van der Waals surface area contributed by atoms with Gasteiger partial charge in [0.2, 0.25) is 5.91 Å². The van der Waals surface area contributed by atoms with Crippen molar-refractivity contribution in [2.45, 2.75) is 33.2 Å². The van der Waals surface area contributed by atoms with E-state index in [9.17, 15) is 19.7 Å². The van der Waals surface area contributed by atoms with E-state index in [1.807, 2.05) is 20.8 Å². The number of carbonyl (C=O) groups is 2. The van der Waals surface area contributed by atoms with Crippen LogP contribution in [-0.2, 0) is 4.79 Å². The van der Waals surface area contributed by atoms with E-state index in [-0.39, 0.29) is 22.7 Å². The summed E-state index contributed by atoms with van der Waals surface area (Å²) in [7, 11) is 0. The first kappa shape index (κ1) is 17.4. The quantitative estimate of drug-likeness (QED) is 0.505. The third-order valence-corrected chi connectivity index (χ3v) is 2.61. The van der Waals surface area contributed by atoms with Crippen LogP contribution in [0, 0.1) is 10.1 Å². The van der Waals surface area contributed by atoms with E-state index in [1.54, 1.807) is 6.92 Å². The Morgan fingerprint density at radius 3 is 2.18 bits per heavy atom. The SMILES string of the molecule is C/C(=C/NC(=O)c1ccc([N+](=O)[O-])cc1)C(=O)NC(C)(C)C. The molecule has 0 aliphatic heterocycles. The van der Waals surface area contributed by atoms with E-state index in [2.05, 4.69) is 10.6 Å². The van der Waals surface area contributed by atoms with Crippen molar-refractivity contribution in [1.82, 2.24) is 10.6 Å². The average molecular weight is 305 g/mol. The van der Waals surface area contributed by atoms with Crippen molar-refractivity contribution in [2.24, 2.45) is 0 Å². The highest BCUT2D eigenvalue weighted by Crippen LogP contribution is 2.11. The van der Waals surface area contributed by atoms with Crippen LogP contribution < -0.4 is 10.6 Å². The fraction of sp³-hybridized carbons (Fsp3) is 0.333. The van der Waals surface area contributed by atoms with E-state index < -0.39 is 10.8 Å². The molecule has 0 heterocycles. The number of benzene rings is 1. The molecule has 0 aromatic heterocycles. The zero-order valence-corrected chi connectivity index (χ0v) is 13.0. The number of nitro benzene ring substituents is 1. The van der Waals surface area contributed by atoms with Crippen LogP contribution in [0.3, 0.4) is 0 Å². The van der Waals surface area contributed by atoms with Gasteiger partial charge in [-0.15, -0.1) is 0 Å². The number of hydrogen-bond acceptors (Lipinski definition) is 4. The van der Waals surface area contributed by atoms with E-state index in [0.29, 0.717) is 5.57 Å². The number of hydrogen-bond donors (Lipinski definition) is 2. The van der Waals surface area contributed by atoms with Crippen molar-refractivity contribution in [3.63, 3.8) is 0 Å². The molecule has 0 saturated carbocycles. The molecule has 0 saturated heterocycles. The Morgan fingerprint density at radius 1 is 1.18 bits per heavy atom. The van der Waals surface area contributed by atoms with Crippen LogP contribution in [0.25, 0.3) is 0 Å². The van der Waals surface area contributed by atoms with Crippen molar-refractivity contribution >= 4 is 17.5 Å². The van der Waals surface area contributed by atoms with Gasteiger partial charge in [0, 0.05) is 35.0 Å². The summed E-state index contributed by atoms with van der Waals surface area (Å²) in [5, 5.41) is 15.8. The number of nitrogens with zero attached hydrogens (tertiary/aromatic N) is 1. The van der Waals surface area contributed by atoms with Gasteiger partial charge in [0.15, 0.2) is 0 Å². The smallest absolute Gasteiger partial charge is 0.269 e. The van der Waals surface area contributed by atoms with E-state index >= 15 is 0 Å². The Labute approximate surface area is 128 Å². The van der Waals surface area contributed by atoms with Gasteiger partial charge in [-0.1, -0.05) is 0 Å². The maximum Gasteiger partial charge on any atom is 0.269 e. The zero-order chi connectivity index (χ0) is 16.9. The van der Waals surface area contributed by atoms with Crippen LogP contribution in [0.1, 0.15) is 38.1 Å². The highest BCUT2D eigenvalue weighted by atomic mass is 16.6. The molecule has 0 bridgehead atoms. The van der Waals surface area contributed by atoms with Crippen LogP contribution in [-0.4, -0.2) is 22.3 Å². The standard InChI is InChI=1S/C15H19N3O4/c1-10(13(19)17-15(2,3)4)9-16-14(20)11-5-7-12(8-6-11)18(21)22/h5-9H,1-4H3,(H,16,20)(H,17,19)/b10-9-. The van der Waals surface area contributed by atoms with E-state index in [4.69, 9.17) is 0 Å².